The van der Waals surface area contributed by atoms with Crippen molar-refractivity contribution in [1.29, 1.82) is 0 Å². The molecular formula is C12H13NO4. The van der Waals surface area contributed by atoms with Crippen molar-refractivity contribution in [2.75, 3.05) is 0 Å². The third kappa shape index (κ3) is 1.98. The first kappa shape index (κ1) is 11.9. The lowest BCUT2D eigenvalue weighted by atomic mass is 10.0. The largest absolute Gasteiger partial charge is 0.388 e. The lowest BCUT2D eigenvalue weighted by molar-refractivity contribution is 0.0148. The second kappa shape index (κ2) is 4.34. The predicted molar refractivity (Wildman–Crippen MR) is 60.3 cm³/mol. The standard InChI is InChI=1S/C12H13NO4/c1-3-8-7(4-5-9(14)13-8)12-11(16)10(15)6(2)17-12/h1,4-6,10-12,15-16H,2H3,(H,13,14)/t6-,10?,11+,12+/m1/s1. The van der Waals surface area contributed by atoms with E-state index in [0.717, 1.165) is 0 Å². The van der Waals surface area contributed by atoms with Gasteiger partial charge in [-0.05, 0) is 13.0 Å². The van der Waals surface area contributed by atoms with Crippen molar-refractivity contribution < 1.29 is 14.9 Å². The summed E-state index contributed by atoms with van der Waals surface area (Å²) in [6, 6.07) is 2.81. The van der Waals surface area contributed by atoms with Crippen LogP contribution in [0.5, 0.6) is 0 Å². The number of terminal acetylenes is 1. The molecule has 1 unspecified atom stereocenters. The van der Waals surface area contributed by atoms with Gasteiger partial charge in [-0.1, -0.05) is 5.92 Å². The van der Waals surface area contributed by atoms with Gasteiger partial charge in [0.25, 0.3) is 0 Å². The van der Waals surface area contributed by atoms with Crippen LogP contribution in [0.15, 0.2) is 16.9 Å². The summed E-state index contributed by atoms with van der Waals surface area (Å²) in [5.41, 5.74) is 0.452. The highest BCUT2D eigenvalue weighted by Crippen LogP contribution is 2.33. The number of aliphatic hydroxyl groups excluding tert-OH is 2. The molecule has 0 amide bonds. The molecule has 3 N–H and O–H groups in total. The minimum Gasteiger partial charge on any atom is -0.388 e. The highest BCUT2D eigenvalue weighted by atomic mass is 16.5. The SMILES string of the molecule is C#Cc1[nH]c(=O)ccc1[C@@H]1O[C@H](C)C(O)[C@@H]1O. The van der Waals surface area contributed by atoms with Gasteiger partial charge in [-0.2, -0.15) is 0 Å². The fraction of sp³-hybridized carbons (Fsp3) is 0.417. The lowest BCUT2D eigenvalue weighted by Gasteiger charge is -2.16. The summed E-state index contributed by atoms with van der Waals surface area (Å²) in [4.78, 5) is 13.6. The van der Waals surface area contributed by atoms with Crippen molar-refractivity contribution in [1.82, 2.24) is 4.98 Å². The van der Waals surface area contributed by atoms with E-state index in [2.05, 4.69) is 10.9 Å². The first-order chi connectivity index (χ1) is 8.04. The second-order valence-corrected chi connectivity index (χ2v) is 4.04. The van der Waals surface area contributed by atoms with Gasteiger partial charge < -0.3 is 19.9 Å². The van der Waals surface area contributed by atoms with Crippen LogP contribution in [-0.4, -0.2) is 33.5 Å². The van der Waals surface area contributed by atoms with E-state index in [1.807, 2.05) is 0 Å². The predicted octanol–water partition coefficient (Wildman–Crippen LogP) is -0.462. The number of aromatic amines is 1. The summed E-state index contributed by atoms with van der Waals surface area (Å²) in [6.45, 7) is 1.66. The molecule has 1 aromatic heterocycles. The highest BCUT2D eigenvalue weighted by Gasteiger charge is 2.41. The van der Waals surface area contributed by atoms with E-state index in [4.69, 9.17) is 11.2 Å². The van der Waals surface area contributed by atoms with Gasteiger partial charge in [0, 0.05) is 11.6 Å². The van der Waals surface area contributed by atoms with Crippen LogP contribution in [0.25, 0.3) is 0 Å². The lowest BCUT2D eigenvalue weighted by Crippen LogP contribution is -2.29. The summed E-state index contributed by atoms with van der Waals surface area (Å²) in [6.07, 6.45) is 2.07. The Morgan fingerprint density at radius 2 is 2.12 bits per heavy atom. The molecule has 1 saturated heterocycles. The first-order valence-corrected chi connectivity index (χ1v) is 5.26. The number of aromatic nitrogens is 1. The number of hydrogen-bond donors (Lipinski definition) is 3. The van der Waals surface area contributed by atoms with Gasteiger partial charge in [0.15, 0.2) is 0 Å². The number of hydrogen-bond acceptors (Lipinski definition) is 4. The van der Waals surface area contributed by atoms with E-state index in [1.54, 1.807) is 6.92 Å². The number of pyridine rings is 1. The Hall–Kier alpha value is -1.61. The number of ether oxygens (including phenoxy) is 1. The minimum atomic E-state index is -1.05. The zero-order valence-corrected chi connectivity index (χ0v) is 9.25. The van der Waals surface area contributed by atoms with E-state index in [1.165, 1.54) is 12.1 Å². The summed E-state index contributed by atoms with van der Waals surface area (Å²) in [5.74, 6) is 2.34. The van der Waals surface area contributed by atoms with Gasteiger partial charge in [0.1, 0.15) is 18.3 Å². The molecule has 17 heavy (non-hydrogen) atoms. The Balaban J connectivity index is 2.42. The molecular weight excluding hydrogens is 222 g/mol. The zero-order chi connectivity index (χ0) is 12.6. The smallest absolute Gasteiger partial charge is 0.248 e. The van der Waals surface area contributed by atoms with Crippen molar-refractivity contribution in [2.45, 2.75) is 31.3 Å². The first-order valence-electron chi connectivity index (χ1n) is 5.26. The number of H-pyrrole nitrogens is 1. The molecule has 0 saturated carbocycles. The van der Waals surface area contributed by atoms with Gasteiger partial charge in [0.05, 0.1) is 11.8 Å². The van der Waals surface area contributed by atoms with E-state index in [-0.39, 0.29) is 11.3 Å². The van der Waals surface area contributed by atoms with Crippen LogP contribution in [0.2, 0.25) is 0 Å². The summed E-state index contributed by atoms with van der Waals surface area (Å²) in [7, 11) is 0. The Bertz CT molecular complexity index is 516. The molecule has 90 valence electrons. The molecule has 5 nitrogen and oxygen atoms in total. The van der Waals surface area contributed by atoms with Gasteiger partial charge in [-0.25, -0.2) is 0 Å². The Kier molecular flexibility index (Phi) is 3.03. The molecule has 0 radical (unpaired) electrons. The summed E-state index contributed by atoms with van der Waals surface area (Å²) in [5, 5.41) is 19.5. The van der Waals surface area contributed by atoms with Crippen LogP contribution in [-0.2, 0) is 4.74 Å². The molecule has 5 heteroatoms. The van der Waals surface area contributed by atoms with Crippen molar-refractivity contribution in [2.24, 2.45) is 0 Å². The third-order valence-electron chi connectivity index (χ3n) is 2.90. The van der Waals surface area contributed by atoms with Gasteiger partial charge in [-0.15, -0.1) is 6.42 Å². The Morgan fingerprint density at radius 1 is 1.41 bits per heavy atom. The fourth-order valence-corrected chi connectivity index (χ4v) is 1.95. The molecule has 4 atom stereocenters. The molecule has 0 spiro atoms. The molecule has 1 aliphatic rings. The topological polar surface area (TPSA) is 82.6 Å². The Morgan fingerprint density at radius 3 is 2.65 bits per heavy atom. The molecule has 0 aromatic carbocycles. The maximum absolute atomic E-state index is 11.1. The average molecular weight is 235 g/mol. The highest BCUT2D eigenvalue weighted by molar-refractivity contribution is 5.36. The van der Waals surface area contributed by atoms with Crippen LogP contribution >= 0.6 is 0 Å². The van der Waals surface area contributed by atoms with E-state index < -0.39 is 24.4 Å². The third-order valence-corrected chi connectivity index (χ3v) is 2.90. The quantitative estimate of drug-likeness (QED) is 0.575. The van der Waals surface area contributed by atoms with Crippen LogP contribution < -0.4 is 5.56 Å². The van der Waals surface area contributed by atoms with Crippen LogP contribution in [0.1, 0.15) is 24.3 Å². The monoisotopic (exact) mass is 235 g/mol. The van der Waals surface area contributed by atoms with E-state index in [0.29, 0.717) is 5.56 Å². The molecule has 1 aliphatic heterocycles. The molecule has 0 bridgehead atoms. The number of rotatable bonds is 1. The van der Waals surface area contributed by atoms with Gasteiger partial charge in [-0.3, -0.25) is 4.79 Å². The summed E-state index contributed by atoms with van der Waals surface area (Å²) >= 11 is 0. The molecule has 2 heterocycles. The molecule has 1 fully saturated rings. The maximum Gasteiger partial charge on any atom is 0.248 e. The van der Waals surface area contributed by atoms with Crippen molar-refractivity contribution >= 4 is 0 Å². The van der Waals surface area contributed by atoms with E-state index >= 15 is 0 Å². The Labute approximate surface area is 98.1 Å². The number of nitrogens with one attached hydrogen (secondary N) is 1. The number of aliphatic hydroxyl groups is 2. The van der Waals surface area contributed by atoms with E-state index in [9.17, 15) is 15.0 Å². The van der Waals surface area contributed by atoms with Crippen molar-refractivity contribution in [3.05, 3.63) is 33.7 Å². The maximum atomic E-state index is 11.1. The minimum absolute atomic E-state index is 0.267. The molecule has 1 aromatic rings. The van der Waals surface area contributed by atoms with Crippen LogP contribution in [0, 0.1) is 12.3 Å². The fourth-order valence-electron chi connectivity index (χ4n) is 1.95. The van der Waals surface area contributed by atoms with Crippen molar-refractivity contribution in [3.8, 4) is 12.3 Å². The normalized spacial score (nSPS) is 32.4. The second-order valence-electron chi connectivity index (χ2n) is 4.04. The van der Waals surface area contributed by atoms with Gasteiger partial charge >= 0.3 is 0 Å². The van der Waals surface area contributed by atoms with Crippen molar-refractivity contribution in [3.63, 3.8) is 0 Å². The van der Waals surface area contributed by atoms with Gasteiger partial charge in [0.2, 0.25) is 5.56 Å². The van der Waals surface area contributed by atoms with Crippen LogP contribution in [0.4, 0.5) is 0 Å². The average Bonchev–Trinajstić information content (AvgIpc) is 2.57. The molecule has 2 rings (SSSR count). The van der Waals surface area contributed by atoms with Crippen LogP contribution in [0.3, 0.4) is 0 Å². The molecule has 0 aliphatic carbocycles. The zero-order valence-electron chi connectivity index (χ0n) is 9.25. The summed E-state index contributed by atoms with van der Waals surface area (Å²) < 4.78 is 5.44.